The van der Waals surface area contributed by atoms with Gasteiger partial charge in [0.25, 0.3) is 0 Å². The molecule has 2 aromatic carbocycles. The number of ether oxygens (including phenoxy) is 1. The third kappa shape index (κ3) is 3.83. The van der Waals surface area contributed by atoms with E-state index in [-0.39, 0.29) is 11.7 Å². The standard InChI is InChI=1S/C25H21ClN4O2/c1-32-15-20-23(18-9-11-19(26)12-10-18)25-28-27-24-21(30(25)29-20)13-17(14-22(24)31)8-7-16-5-3-2-4-6-16/h2-12,17H,13-15H2,1H3/b8-7+. The molecule has 0 bridgehead atoms. The fourth-order valence-corrected chi connectivity index (χ4v) is 4.27. The summed E-state index contributed by atoms with van der Waals surface area (Å²) >= 11 is 6.08. The zero-order chi connectivity index (χ0) is 22.1. The Morgan fingerprint density at radius 2 is 1.88 bits per heavy atom. The fraction of sp³-hybridized carbons (Fsp3) is 0.200. The predicted molar refractivity (Wildman–Crippen MR) is 124 cm³/mol. The van der Waals surface area contributed by atoms with Crippen LogP contribution in [0.15, 0.2) is 60.7 Å². The molecule has 4 aromatic rings. The van der Waals surface area contributed by atoms with Crippen molar-refractivity contribution in [3.05, 3.63) is 88.3 Å². The molecule has 0 saturated heterocycles. The molecule has 1 aliphatic carbocycles. The molecule has 1 atom stereocenters. The topological polar surface area (TPSA) is 69.4 Å². The van der Waals surface area contributed by atoms with E-state index >= 15 is 0 Å². The van der Waals surface area contributed by atoms with Crippen molar-refractivity contribution in [2.75, 3.05) is 7.11 Å². The van der Waals surface area contributed by atoms with Gasteiger partial charge in [0.05, 0.1) is 23.6 Å². The Labute approximate surface area is 190 Å². The highest BCUT2D eigenvalue weighted by molar-refractivity contribution is 6.30. The lowest BCUT2D eigenvalue weighted by atomic mass is 9.88. The number of halogens is 1. The number of nitrogens with zero attached hydrogens (tertiary/aromatic N) is 4. The molecule has 7 heteroatoms. The second-order valence-corrected chi connectivity index (χ2v) is 8.29. The van der Waals surface area contributed by atoms with Crippen LogP contribution in [0.2, 0.25) is 5.02 Å². The number of hydrogen-bond donors (Lipinski definition) is 0. The number of benzene rings is 2. The van der Waals surface area contributed by atoms with Gasteiger partial charge in [0, 0.05) is 18.6 Å². The Morgan fingerprint density at radius 3 is 2.62 bits per heavy atom. The van der Waals surface area contributed by atoms with Gasteiger partial charge in [-0.15, -0.1) is 10.2 Å². The lowest BCUT2D eigenvalue weighted by molar-refractivity contribution is 0.0950. The van der Waals surface area contributed by atoms with Crippen LogP contribution in [0.5, 0.6) is 0 Å². The molecule has 0 amide bonds. The maximum absolute atomic E-state index is 12.9. The number of rotatable bonds is 5. The summed E-state index contributed by atoms with van der Waals surface area (Å²) < 4.78 is 7.15. The maximum Gasteiger partial charge on any atom is 0.185 e. The average molecular weight is 445 g/mol. The molecule has 0 aliphatic heterocycles. The molecule has 0 fully saturated rings. The third-order valence-corrected chi connectivity index (χ3v) is 5.90. The van der Waals surface area contributed by atoms with E-state index < -0.39 is 0 Å². The summed E-state index contributed by atoms with van der Waals surface area (Å²) in [5, 5.41) is 14.1. The molecule has 2 heterocycles. The second kappa shape index (κ2) is 8.65. The van der Waals surface area contributed by atoms with Crippen LogP contribution in [0.3, 0.4) is 0 Å². The van der Waals surface area contributed by atoms with Crippen molar-refractivity contribution < 1.29 is 9.53 Å². The summed E-state index contributed by atoms with van der Waals surface area (Å²) in [6.07, 6.45) is 5.23. The third-order valence-electron chi connectivity index (χ3n) is 5.65. The number of hydrogen-bond acceptors (Lipinski definition) is 5. The average Bonchev–Trinajstić information content (AvgIpc) is 3.18. The number of methoxy groups -OCH3 is 1. The lowest BCUT2D eigenvalue weighted by Gasteiger charge is -2.20. The first-order valence-corrected chi connectivity index (χ1v) is 10.8. The first-order valence-electron chi connectivity index (χ1n) is 10.4. The summed E-state index contributed by atoms with van der Waals surface area (Å²) in [7, 11) is 1.63. The van der Waals surface area contributed by atoms with Gasteiger partial charge in [0.1, 0.15) is 0 Å². The van der Waals surface area contributed by atoms with Crippen molar-refractivity contribution in [1.29, 1.82) is 0 Å². The van der Waals surface area contributed by atoms with E-state index in [1.807, 2.05) is 54.6 Å². The number of fused-ring (bicyclic) bond motifs is 3. The van der Waals surface area contributed by atoms with Crippen molar-refractivity contribution in [2.24, 2.45) is 5.92 Å². The van der Waals surface area contributed by atoms with Crippen LogP contribution in [-0.4, -0.2) is 32.7 Å². The van der Waals surface area contributed by atoms with E-state index in [1.165, 1.54) is 0 Å². The normalized spacial score (nSPS) is 16.1. The molecule has 32 heavy (non-hydrogen) atoms. The lowest BCUT2D eigenvalue weighted by Crippen LogP contribution is -2.24. The van der Waals surface area contributed by atoms with Gasteiger partial charge in [0.2, 0.25) is 0 Å². The quantitative estimate of drug-likeness (QED) is 0.431. The minimum absolute atomic E-state index is 0.0137. The largest absolute Gasteiger partial charge is 0.378 e. The van der Waals surface area contributed by atoms with Crippen molar-refractivity contribution in [3.63, 3.8) is 0 Å². The Balaban J connectivity index is 1.59. The number of carbonyl (C=O) groups is 1. The Kier molecular flexibility index (Phi) is 5.55. The minimum Gasteiger partial charge on any atom is -0.378 e. The van der Waals surface area contributed by atoms with Crippen molar-refractivity contribution >= 4 is 29.1 Å². The number of Topliss-reactive ketones (excluding diaryl/α,β-unsaturated/α-hetero) is 1. The number of allylic oxidation sites excluding steroid dienone is 1. The number of ketones is 1. The van der Waals surface area contributed by atoms with E-state index in [1.54, 1.807) is 11.6 Å². The van der Waals surface area contributed by atoms with Crippen LogP contribution in [0.25, 0.3) is 22.9 Å². The molecule has 0 saturated carbocycles. The van der Waals surface area contributed by atoms with Crippen molar-refractivity contribution in [3.8, 4) is 11.1 Å². The molecular weight excluding hydrogens is 424 g/mol. The summed E-state index contributed by atoms with van der Waals surface area (Å²) in [6.45, 7) is 0.321. The summed E-state index contributed by atoms with van der Waals surface area (Å²) in [5.41, 5.74) is 5.41. The highest BCUT2D eigenvalue weighted by atomic mass is 35.5. The molecule has 0 N–H and O–H groups in total. The van der Waals surface area contributed by atoms with Crippen LogP contribution in [0.1, 0.15) is 33.9 Å². The Hall–Kier alpha value is -3.35. The maximum atomic E-state index is 12.9. The Bertz CT molecular complexity index is 1310. The van der Waals surface area contributed by atoms with Crippen LogP contribution < -0.4 is 0 Å². The molecule has 1 aliphatic rings. The second-order valence-electron chi connectivity index (χ2n) is 7.85. The summed E-state index contributed by atoms with van der Waals surface area (Å²) in [4.78, 5) is 12.9. The SMILES string of the molecule is COCc1nn2c3c(nnc2c1-c1ccc(Cl)cc1)C(=O)CC(/C=C/c1ccccc1)C3. The number of aromatic nitrogens is 4. The zero-order valence-electron chi connectivity index (χ0n) is 17.5. The molecular formula is C25H21ClN4O2. The number of carbonyl (C=O) groups excluding carboxylic acids is 1. The Morgan fingerprint density at radius 1 is 1.09 bits per heavy atom. The zero-order valence-corrected chi connectivity index (χ0v) is 18.3. The van der Waals surface area contributed by atoms with E-state index in [4.69, 9.17) is 21.4 Å². The van der Waals surface area contributed by atoms with Crippen LogP contribution >= 0.6 is 11.6 Å². The van der Waals surface area contributed by atoms with Gasteiger partial charge in [-0.1, -0.05) is 66.2 Å². The van der Waals surface area contributed by atoms with Gasteiger partial charge in [0.15, 0.2) is 17.1 Å². The van der Waals surface area contributed by atoms with Crippen molar-refractivity contribution in [2.45, 2.75) is 19.4 Å². The first-order chi connectivity index (χ1) is 15.6. The molecule has 2 aromatic heterocycles. The molecule has 0 radical (unpaired) electrons. The van der Waals surface area contributed by atoms with E-state index in [0.29, 0.717) is 35.8 Å². The fourth-order valence-electron chi connectivity index (χ4n) is 4.14. The van der Waals surface area contributed by atoms with E-state index in [2.05, 4.69) is 22.3 Å². The van der Waals surface area contributed by atoms with Gasteiger partial charge in [-0.05, 0) is 35.6 Å². The molecule has 6 nitrogen and oxygen atoms in total. The van der Waals surface area contributed by atoms with Gasteiger partial charge >= 0.3 is 0 Å². The summed E-state index contributed by atoms with van der Waals surface area (Å²) in [5.74, 6) is 0.0526. The van der Waals surface area contributed by atoms with Gasteiger partial charge < -0.3 is 4.74 Å². The highest BCUT2D eigenvalue weighted by Gasteiger charge is 2.30. The van der Waals surface area contributed by atoms with E-state index in [0.717, 1.165) is 28.1 Å². The minimum atomic E-state index is -0.0137. The van der Waals surface area contributed by atoms with Crippen molar-refractivity contribution in [1.82, 2.24) is 19.8 Å². The highest BCUT2D eigenvalue weighted by Crippen LogP contribution is 2.32. The van der Waals surface area contributed by atoms with Gasteiger partial charge in [-0.2, -0.15) is 5.10 Å². The molecule has 5 rings (SSSR count). The molecule has 1 unspecified atom stereocenters. The van der Waals surface area contributed by atoms with Crippen LogP contribution in [0, 0.1) is 5.92 Å². The van der Waals surface area contributed by atoms with Gasteiger partial charge in [-0.3, -0.25) is 4.79 Å². The van der Waals surface area contributed by atoms with E-state index in [9.17, 15) is 4.79 Å². The monoisotopic (exact) mass is 444 g/mol. The summed E-state index contributed by atoms with van der Waals surface area (Å²) in [6, 6.07) is 17.6. The molecule has 0 spiro atoms. The van der Waals surface area contributed by atoms with Gasteiger partial charge in [-0.25, -0.2) is 4.52 Å². The van der Waals surface area contributed by atoms with Crippen LogP contribution in [0.4, 0.5) is 0 Å². The smallest absolute Gasteiger partial charge is 0.185 e. The first kappa shape index (κ1) is 20.5. The molecule has 160 valence electrons. The predicted octanol–water partition coefficient (Wildman–Crippen LogP) is 5.05. The van der Waals surface area contributed by atoms with Crippen LogP contribution in [-0.2, 0) is 17.8 Å².